The van der Waals surface area contributed by atoms with Gasteiger partial charge < -0.3 is 19.6 Å². The van der Waals surface area contributed by atoms with E-state index in [1.807, 2.05) is 29.7 Å². The average molecular weight is 317 g/mol. The third-order valence-electron chi connectivity index (χ3n) is 4.68. The minimum absolute atomic E-state index is 0.0153. The monoisotopic (exact) mass is 317 g/mol. The third kappa shape index (κ3) is 3.23. The lowest BCUT2D eigenvalue weighted by atomic mass is 9.84. The normalized spacial score (nSPS) is 24.7. The Labute approximate surface area is 135 Å². The second kappa shape index (κ2) is 6.68. The Morgan fingerprint density at radius 2 is 2.35 bits per heavy atom. The number of aliphatic hydroxyl groups excluding tert-OH is 1. The highest BCUT2D eigenvalue weighted by Crippen LogP contribution is 2.26. The summed E-state index contributed by atoms with van der Waals surface area (Å²) < 4.78 is 7.26. The number of amides is 1. The van der Waals surface area contributed by atoms with Gasteiger partial charge in [-0.25, -0.2) is 4.98 Å². The van der Waals surface area contributed by atoms with Gasteiger partial charge in [-0.2, -0.15) is 0 Å². The number of aryl methyl sites for hydroxylation is 1. The molecule has 1 saturated carbocycles. The van der Waals surface area contributed by atoms with Gasteiger partial charge in [-0.3, -0.25) is 4.79 Å². The summed E-state index contributed by atoms with van der Waals surface area (Å²) in [5.74, 6) is -0.0918. The Kier molecular flexibility index (Phi) is 4.63. The number of ether oxygens (including phenoxy) is 1. The summed E-state index contributed by atoms with van der Waals surface area (Å²) in [5.41, 5.74) is 2.97. The zero-order chi connectivity index (χ0) is 16.4. The Bertz CT molecular complexity index is 697. The first-order valence-electron chi connectivity index (χ1n) is 8.00. The number of carbonyl (C=O) groups is 1. The van der Waals surface area contributed by atoms with Crippen LogP contribution in [0.25, 0.3) is 5.65 Å². The standard InChI is InChI=1S/C17H23N3O3/c1-11-4-3-7-20-13(9-18-16(11)20)10-19-17(22)12-5-6-14(21)15(8-12)23-2/h3-4,7,9,12,14-15,21H,5-6,8,10H2,1-2H3,(H,19,22)/t12-,14+,15-/m1/s1. The first-order valence-corrected chi connectivity index (χ1v) is 8.00. The molecule has 1 amide bonds. The van der Waals surface area contributed by atoms with Crippen molar-refractivity contribution in [2.45, 2.75) is 44.9 Å². The van der Waals surface area contributed by atoms with Crippen molar-refractivity contribution in [3.63, 3.8) is 0 Å². The topological polar surface area (TPSA) is 75.9 Å². The molecular formula is C17H23N3O3. The molecule has 0 aromatic carbocycles. The second-order valence-corrected chi connectivity index (χ2v) is 6.20. The molecule has 124 valence electrons. The van der Waals surface area contributed by atoms with Crippen molar-refractivity contribution < 1.29 is 14.6 Å². The van der Waals surface area contributed by atoms with Crippen molar-refractivity contribution in [3.05, 3.63) is 35.8 Å². The van der Waals surface area contributed by atoms with Gasteiger partial charge >= 0.3 is 0 Å². The fraction of sp³-hybridized carbons (Fsp3) is 0.529. The summed E-state index contributed by atoms with van der Waals surface area (Å²) in [5, 5.41) is 12.8. The number of methoxy groups -OCH3 is 1. The number of hydrogen-bond acceptors (Lipinski definition) is 4. The van der Waals surface area contributed by atoms with E-state index in [1.54, 1.807) is 13.3 Å². The van der Waals surface area contributed by atoms with Gasteiger partial charge in [-0.1, -0.05) is 6.07 Å². The molecule has 2 aromatic rings. The first-order chi connectivity index (χ1) is 11.1. The van der Waals surface area contributed by atoms with Crippen molar-refractivity contribution in [1.82, 2.24) is 14.7 Å². The number of rotatable bonds is 4. The number of fused-ring (bicyclic) bond motifs is 1. The van der Waals surface area contributed by atoms with Crippen molar-refractivity contribution in [2.75, 3.05) is 7.11 Å². The molecule has 6 heteroatoms. The summed E-state index contributed by atoms with van der Waals surface area (Å²) in [6, 6.07) is 3.99. The molecule has 23 heavy (non-hydrogen) atoms. The van der Waals surface area contributed by atoms with Crippen LogP contribution >= 0.6 is 0 Å². The highest BCUT2D eigenvalue weighted by molar-refractivity contribution is 5.78. The molecule has 0 spiro atoms. The van der Waals surface area contributed by atoms with E-state index in [0.717, 1.165) is 16.9 Å². The quantitative estimate of drug-likeness (QED) is 0.894. The lowest BCUT2D eigenvalue weighted by Gasteiger charge is -2.31. The minimum atomic E-state index is -0.467. The van der Waals surface area contributed by atoms with Gasteiger partial charge in [0.15, 0.2) is 0 Å². The number of hydrogen-bond donors (Lipinski definition) is 2. The van der Waals surface area contributed by atoms with E-state index in [-0.39, 0.29) is 17.9 Å². The molecule has 0 aliphatic heterocycles. The highest BCUT2D eigenvalue weighted by atomic mass is 16.5. The molecule has 1 aliphatic rings. The number of nitrogens with zero attached hydrogens (tertiary/aromatic N) is 2. The molecule has 3 rings (SSSR count). The summed E-state index contributed by atoms with van der Waals surface area (Å²) in [7, 11) is 1.58. The zero-order valence-corrected chi connectivity index (χ0v) is 13.5. The predicted molar refractivity (Wildman–Crippen MR) is 85.9 cm³/mol. The number of pyridine rings is 1. The summed E-state index contributed by atoms with van der Waals surface area (Å²) in [6.07, 6.45) is 4.89. The predicted octanol–water partition coefficient (Wildman–Crippen LogP) is 1.43. The molecule has 1 fully saturated rings. The maximum atomic E-state index is 12.4. The van der Waals surface area contributed by atoms with Crippen LogP contribution in [-0.4, -0.2) is 39.7 Å². The molecule has 1 aliphatic carbocycles. The first kappa shape index (κ1) is 16.0. The van der Waals surface area contributed by atoms with Gasteiger partial charge in [-0.05, 0) is 37.8 Å². The van der Waals surface area contributed by atoms with Gasteiger partial charge in [-0.15, -0.1) is 0 Å². The molecular weight excluding hydrogens is 294 g/mol. The molecule has 0 unspecified atom stereocenters. The lowest BCUT2D eigenvalue weighted by molar-refractivity contribution is -0.130. The average Bonchev–Trinajstić information content (AvgIpc) is 2.97. The van der Waals surface area contributed by atoms with E-state index in [0.29, 0.717) is 25.8 Å². The molecule has 2 heterocycles. The zero-order valence-electron chi connectivity index (χ0n) is 13.5. The SMILES string of the molecule is CO[C@@H]1C[C@H](C(=O)NCc2cnc3c(C)cccn23)CC[C@@H]1O. The van der Waals surface area contributed by atoms with Gasteiger partial charge in [0.25, 0.3) is 0 Å². The van der Waals surface area contributed by atoms with Crippen molar-refractivity contribution >= 4 is 11.6 Å². The van der Waals surface area contributed by atoms with E-state index < -0.39 is 6.10 Å². The third-order valence-corrected chi connectivity index (χ3v) is 4.68. The Hall–Kier alpha value is -1.92. The van der Waals surface area contributed by atoms with Crippen LogP contribution in [0.3, 0.4) is 0 Å². The summed E-state index contributed by atoms with van der Waals surface area (Å²) in [6.45, 7) is 2.46. The summed E-state index contributed by atoms with van der Waals surface area (Å²) >= 11 is 0. The van der Waals surface area contributed by atoms with E-state index in [1.165, 1.54) is 0 Å². The molecule has 2 N–H and O–H groups in total. The number of aliphatic hydroxyl groups is 1. The second-order valence-electron chi connectivity index (χ2n) is 6.20. The van der Waals surface area contributed by atoms with Gasteiger partial charge in [0.05, 0.1) is 30.6 Å². The highest BCUT2D eigenvalue weighted by Gasteiger charge is 2.32. The largest absolute Gasteiger partial charge is 0.390 e. The van der Waals surface area contributed by atoms with E-state index >= 15 is 0 Å². The maximum absolute atomic E-state index is 12.4. The van der Waals surface area contributed by atoms with Crippen LogP contribution in [0.2, 0.25) is 0 Å². The molecule has 2 aromatic heterocycles. The number of carbonyl (C=O) groups excluding carboxylic acids is 1. The minimum Gasteiger partial charge on any atom is -0.390 e. The van der Waals surface area contributed by atoms with Crippen LogP contribution < -0.4 is 5.32 Å². The van der Waals surface area contributed by atoms with Crippen molar-refractivity contribution in [1.29, 1.82) is 0 Å². The van der Waals surface area contributed by atoms with Crippen LogP contribution in [0.15, 0.2) is 24.5 Å². The molecule has 0 radical (unpaired) electrons. The number of aromatic nitrogens is 2. The van der Waals surface area contributed by atoms with Gasteiger partial charge in [0, 0.05) is 19.2 Å². The molecule has 3 atom stereocenters. The maximum Gasteiger partial charge on any atom is 0.223 e. The summed E-state index contributed by atoms with van der Waals surface area (Å²) in [4.78, 5) is 16.8. The Morgan fingerprint density at radius 1 is 1.52 bits per heavy atom. The number of nitrogens with one attached hydrogen (secondary N) is 1. The van der Waals surface area contributed by atoms with Crippen molar-refractivity contribution in [3.8, 4) is 0 Å². The Balaban J connectivity index is 1.63. The van der Waals surface area contributed by atoms with E-state index in [4.69, 9.17) is 4.74 Å². The van der Waals surface area contributed by atoms with Crippen molar-refractivity contribution in [2.24, 2.45) is 5.92 Å². The van der Waals surface area contributed by atoms with E-state index in [2.05, 4.69) is 10.3 Å². The fourth-order valence-corrected chi connectivity index (χ4v) is 3.26. The van der Waals surface area contributed by atoms with E-state index in [9.17, 15) is 9.90 Å². The van der Waals surface area contributed by atoms with Crippen LogP contribution in [0.1, 0.15) is 30.5 Å². The van der Waals surface area contributed by atoms with Gasteiger partial charge in [0.1, 0.15) is 5.65 Å². The fourth-order valence-electron chi connectivity index (χ4n) is 3.26. The molecule has 6 nitrogen and oxygen atoms in total. The smallest absolute Gasteiger partial charge is 0.223 e. The lowest BCUT2D eigenvalue weighted by Crippen LogP contribution is -2.41. The van der Waals surface area contributed by atoms with Crippen LogP contribution in [0, 0.1) is 12.8 Å². The molecule has 0 saturated heterocycles. The van der Waals surface area contributed by atoms with Crippen LogP contribution in [0.4, 0.5) is 0 Å². The van der Waals surface area contributed by atoms with Crippen LogP contribution in [-0.2, 0) is 16.1 Å². The Morgan fingerprint density at radius 3 is 3.13 bits per heavy atom. The molecule has 0 bridgehead atoms. The number of imidazole rings is 1. The van der Waals surface area contributed by atoms with Gasteiger partial charge in [0.2, 0.25) is 5.91 Å². The van der Waals surface area contributed by atoms with Crippen LogP contribution in [0.5, 0.6) is 0 Å².